The average Bonchev–Trinajstić information content (AvgIpc) is 2.28. The van der Waals surface area contributed by atoms with Crippen molar-refractivity contribution in [1.29, 1.82) is 0 Å². The van der Waals surface area contributed by atoms with Crippen molar-refractivity contribution in [2.24, 2.45) is 0 Å². The van der Waals surface area contributed by atoms with Crippen LogP contribution in [0.4, 0.5) is 0 Å². The van der Waals surface area contributed by atoms with E-state index in [1.807, 2.05) is 30.3 Å². The molecule has 3 heteroatoms. The van der Waals surface area contributed by atoms with Crippen molar-refractivity contribution < 1.29 is 9.90 Å². The maximum atomic E-state index is 10.8. The lowest BCUT2D eigenvalue weighted by Crippen LogP contribution is -2.01. The van der Waals surface area contributed by atoms with Crippen molar-refractivity contribution in [3.05, 3.63) is 47.5 Å². The third-order valence-electron chi connectivity index (χ3n) is 2.50. The lowest BCUT2D eigenvalue weighted by Gasteiger charge is -2.07. The monoisotopic (exact) mass is 278 g/mol. The number of hydrogen-bond donors (Lipinski definition) is 1. The number of carboxylic acids is 1. The molecule has 0 radical (unpaired) electrons. The van der Waals surface area contributed by atoms with E-state index in [1.54, 1.807) is 0 Å². The molecule has 0 aliphatic carbocycles. The topological polar surface area (TPSA) is 37.3 Å². The summed E-state index contributed by atoms with van der Waals surface area (Å²) in [6.07, 6.45) is 0.0708. The number of benzene rings is 2. The van der Waals surface area contributed by atoms with E-state index in [1.165, 1.54) is 0 Å². The Morgan fingerprint density at radius 3 is 2.69 bits per heavy atom. The molecule has 0 atom stereocenters. The van der Waals surface area contributed by atoms with Gasteiger partial charge in [-0.3, -0.25) is 4.79 Å². The second-order valence-electron chi connectivity index (χ2n) is 3.68. The fourth-order valence-electron chi connectivity index (χ4n) is 1.84. The molecule has 0 heterocycles. The quantitative estimate of drug-likeness (QED) is 0.875. The van der Waals surface area contributed by atoms with Crippen molar-refractivity contribution in [1.82, 2.24) is 0 Å². The maximum Gasteiger partial charge on any atom is 0.307 e. The molecule has 0 aliphatic heterocycles. The summed E-state index contributed by atoms with van der Waals surface area (Å²) in [5.41, 5.74) is 1.98. The molecule has 0 saturated carbocycles. The molecule has 2 aromatic carbocycles. The van der Waals surface area contributed by atoms with E-state index in [9.17, 15) is 4.79 Å². The Labute approximate surface area is 102 Å². The molecule has 82 valence electrons. The van der Waals surface area contributed by atoms with Crippen LogP contribution in [0.25, 0.3) is 10.8 Å². The van der Waals surface area contributed by atoms with Crippen LogP contribution in [0, 0.1) is 0 Å². The van der Waals surface area contributed by atoms with Crippen LogP contribution in [-0.2, 0) is 16.5 Å². The summed E-state index contributed by atoms with van der Waals surface area (Å²) in [5.74, 6) is -0.795. The second-order valence-corrected chi connectivity index (χ2v) is 4.24. The smallest absolute Gasteiger partial charge is 0.307 e. The molecule has 0 unspecified atom stereocenters. The van der Waals surface area contributed by atoms with E-state index in [0.29, 0.717) is 0 Å². The van der Waals surface area contributed by atoms with Crippen LogP contribution in [0.15, 0.2) is 36.4 Å². The van der Waals surface area contributed by atoms with Gasteiger partial charge in [0.25, 0.3) is 0 Å². The van der Waals surface area contributed by atoms with Crippen LogP contribution >= 0.6 is 15.9 Å². The molecule has 0 amide bonds. The van der Waals surface area contributed by atoms with Crippen LogP contribution in [0.1, 0.15) is 11.1 Å². The summed E-state index contributed by atoms with van der Waals surface area (Å²) in [4.78, 5) is 10.8. The highest BCUT2D eigenvalue weighted by Crippen LogP contribution is 2.23. The van der Waals surface area contributed by atoms with Crippen molar-refractivity contribution >= 4 is 32.7 Å². The Kier molecular flexibility index (Phi) is 3.25. The molecule has 0 fully saturated rings. The minimum Gasteiger partial charge on any atom is -0.481 e. The van der Waals surface area contributed by atoms with Gasteiger partial charge in [-0.1, -0.05) is 52.3 Å². The molecular weight excluding hydrogens is 268 g/mol. The fraction of sp³-hybridized carbons (Fsp3) is 0.154. The number of halogens is 1. The van der Waals surface area contributed by atoms with Crippen molar-refractivity contribution in [2.75, 3.05) is 0 Å². The van der Waals surface area contributed by atoms with E-state index in [2.05, 4.69) is 22.0 Å². The number of rotatable bonds is 3. The highest BCUT2D eigenvalue weighted by Gasteiger charge is 2.07. The van der Waals surface area contributed by atoms with Crippen LogP contribution in [0.2, 0.25) is 0 Å². The lowest BCUT2D eigenvalue weighted by molar-refractivity contribution is -0.136. The molecule has 0 saturated heterocycles. The van der Waals surface area contributed by atoms with Gasteiger partial charge in [-0.05, 0) is 21.9 Å². The highest BCUT2D eigenvalue weighted by molar-refractivity contribution is 9.08. The van der Waals surface area contributed by atoms with E-state index >= 15 is 0 Å². The number of carboxylic acid groups (broad SMARTS) is 1. The molecule has 2 nitrogen and oxygen atoms in total. The third-order valence-corrected chi connectivity index (χ3v) is 3.15. The zero-order valence-corrected chi connectivity index (χ0v) is 10.2. The summed E-state index contributed by atoms with van der Waals surface area (Å²) in [6.45, 7) is 0. The molecule has 2 aromatic rings. The Morgan fingerprint density at radius 1 is 1.25 bits per heavy atom. The average molecular weight is 279 g/mol. The van der Waals surface area contributed by atoms with Crippen molar-refractivity contribution in [3.63, 3.8) is 0 Å². The van der Waals surface area contributed by atoms with Crippen LogP contribution in [-0.4, -0.2) is 11.1 Å². The second kappa shape index (κ2) is 4.66. The number of hydrogen-bond acceptors (Lipinski definition) is 1. The van der Waals surface area contributed by atoms with Crippen LogP contribution < -0.4 is 0 Å². The first-order chi connectivity index (χ1) is 7.70. The summed E-state index contributed by atoms with van der Waals surface area (Å²) in [5, 5.41) is 11.7. The Morgan fingerprint density at radius 2 is 2.00 bits per heavy atom. The molecule has 0 aromatic heterocycles. The number of carbonyl (C=O) groups is 1. The number of alkyl halides is 1. The standard InChI is InChI=1S/C13H11BrO2/c14-8-9-5-10-3-1-2-4-12(10)11(6-9)7-13(15)16/h1-6H,7-8H2,(H,15,16). The van der Waals surface area contributed by atoms with E-state index in [0.717, 1.165) is 27.2 Å². The molecule has 0 aliphatic rings. The van der Waals surface area contributed by atoms with Gasteiger partial charge in [-0.2, -0.15) is 0 Å². The lowest BCUT2D eigenvalue weighted by atomic mass is 9.99. The van der Waals surface area contributed by atoms with Gasteiger partial charge >= 0.3 is 5.97 Å². The van der Waals surface area contributed by atoms with Gasteiger partial charge in [0, 0.05) is 5.33 Å². The van der Waals surface area contributed by atoms with Crippen molar-refractivity contribution in [3.8, 4) is 0 Å². The van der Waals surface area contributed by atoms with Gasteiger partial charge in [-0.15, -0.1) is 0 Å². The third kappa shape index (κ3) is 2.25. The van der Waals surface area contributed by atoms with E-state index in [-0.39, 0.29) is 6.42 Å². The molecule has 1 N–H and O–H groups in total. The molecule has 0 bridgehead atoms. The minimum absolute atomic E-state index is 0.0708. The van der Waals surface area contributed by atoms with Gasteiger partial charge in [0.2, 0.25) is 0 Å². The summed E-state index contributed by atoms with van der Waals surface area (Å²) in [6, 6.07) is 11.9. The molecule has 16 heavy (non-hydrogen) atoms. The summed E-state index contributed by atoms with van der Waals surface area (Å²) in [7, 11) is 0. The van der Waals surface area contributed by atoms with Crippen molar-refractivity contribution in [2.45, 2.75) is 11.8 Å². The van der Waals surface area contributed by atoms with Gasteiger partial charge < -0.3 is 5.11 Å². The van der Waals surface area contributed by atoms with E-state index < -0.39 is 5.97 Å². The SMILES string of the molecule is O=C(O)Cc1cc(CBr)cc2ccccc12. The molecule has 0 spiro atoms. The molecule has 2 rings (SSSR count). The summed E-state index contributed by atoms with van der Waals surface area (Å²) < 4.78 is 0. The fourth-order valence-corrected chi connectivity index (χ4v) is 2.17. The number of aliphatic carboxylic acids is 1. The highest BCUT2D eigenvalue weighted by atomic mass is 79.9. The van der Waals surface area contributed by atoms with Gasteiger partial charge in [0.1, 0.15) is 0 Å². The predicted octanol–water partition coefficient (Wildman–Crippen LogP) is 3.36. The maximum absolute atomic E-state index is 10.8. The van der Waals surface area contributed by atoms with Crippen LogP contribution in [0.5, 0.6) is 0 Å². The van der Waals surface area contributed by atoms with Gasteiger partial charge in [0.15, 0.2) is 0 Å². The first-order valence-electron chi connectivity index (χ1n) is 4.99. The minimum atomic E-state index is -0.795. The first kappa shape index (κ1) is 11.1. The first-order valence-corrected chi connectivity index (χ1v) is 6.11. The molecular formula is C13H11BrO2. The van der Waals surface area contributed by atoms with Gasteiger partial charge in [-0.25, -0.2) is 0 Å². The zero-order valence-electron chi connectivity index (χ0n) is 8.61. The van der Waals surface area contributed by atoms with E-state index in [4.69, 9.17) is 5.11 Å². The van der Waals surface area contributed by atoms with Crippen LogP contribution in [0.3, 0.4) is 0 Å². The number of fused-ring (bicyclic) bond motifs is 1. The van der Waals surface area contributed by atoms with Gasteiger partial charge in [0.05, 0.1) is 6.42 Å². The Bertz CT molecular complexity index is 534. The predicted molar refractivity (Wildman–Crippen MR) is 67.9 cm³/mol. The Hall–Kier alpha value is -1.35. The largest absolute Gasteiger partial charge is 0.481 e. The zero-order chi connectivity index (χ0) is 11.5. The summed E-state index contributed by atoms with van der Waals surface area (Å²) >= 11 is 3.40. The Balaban J connectivity index is 2.63. The normalized spacial score (nSPS) is 10.6.